The summed E-state index contributed by atoms with van der Waals surface area (Å²) < 4.78 is 26.3. The number of aliphatic hydroxyl groups is 1. The van der Waals surface area contributed by atoms with Gasteiger partial charge in [-0.1, -0.05) is 37.1 Å². The summed E-state index contributed by atoms with van der Waals surface area (Å²) in [7, 11) is 1.46. The first kappa shape index (κ1) is 23.6. The van der Waals surface area contributed by atoms with E-state index < -0.39 is 23.4 Å². The smallest absolute Gasteiger partial charge is 0.496 e. The molecular formula is C23H23ClFNO6. The molecule has 0 radical (unpaired) electrons. The summed E-state index contributed by atoms with van der Waals surface area (Å²) in [6.45, 7) is 1.72. The van der Waals surface area contributed by atoms with Crippen LogP contribution in [0.2, 0.25) is 5.02 Å². The maximum absolute atomic E-state index is 14.5. The average Bonchev–Trinajstić information content (AvgIpc) is 2.77. The second kappa shape index (κ2) is 10.0. The number of pyridine rings is 1. The standard InChI is InChI=1S/C23H23ClFNO6/c1-3-5-15(12-27)26-11-20(32-23(29)30)22(28)16-9-14(19(31-2)10-18(16)26)8-13-6-4-7-17(24)21(13)25/h4,6-7,9-11,15,27H,3,5,8,12H2,1-2H3,(H,29,30)/t15-/m0/s1. The van der Waals surface area contributed by atoms with E-state index in [9.17, 15) is 19.1 Å². The van der Waals surface area contributed by atoms with Crippen LogP contribution in [0, 0.1) is 5.82 Å². The first-order chi connectivity index (χ1) is 15.3. The molecule has 9 heteroatoms. The number of fused-ring (bicyclic) bond motifs is 1. The lowest BCUT2D eigenvalue weighted by Gasteiger charge is -2.22. The molecule has 1 atom stereocenters. The lowest BCUT2D eigenvalue weighted by molar-refractivity contribution is 0.143. The molecule has 1 aromatic heterocycles. The van der Waals surface area contributed by atoms with Crippen molar-refractivity contribution in [2.24, 2.45) is 0 Å². The monoisotopic (exact) mass is 463 g/mol. The van der Waals surface area contributed by atoms with Gasteiger partial charge in [0.25, 0.3) is 0 Å². The molecule has 3 aromatic rings. The minimum atomic E-state index is -1.63. The highest BCUT2D eigenvalue weighted by Gasteiger charge is 2.20. The number of hydrogen-bond donors (Lipinski definition) is 2. The molecule has 1 heterocycles. The van der Waals surface area contributed by atoms with E-state index >= 15 is 0 Å². The van der Waals surface area contributed by atoms with Crippen LogP contribution in [0.1, 0.15) is 36.9 Å². The molecule has 0 aliphatic rings. The molecule has 7 nitrogen and oxygen atoms in total. The van der Waals surface area contributed by atoms with E-state index in [1.54, 1.807) is 22.8 Å². The van der Waals surface area contributed by atoms with E-state index in [-0.39, 0.29) is 29.2 Å². The Morgan fingerprint density at radius 3 is 2.62 bits per heavy atom. The van der Waals surface area contributed by atoms with Crippen LogP contribution in [0.25, 0.3) is 10.9 Å². The van der Waals surface area contributed by atoms with E-state index in [4.69, 9.17) is 26.2 Å². The quantitative estimate of drug-likeness (QED) is 0.466. The number of hydrogen-bond acceptors (Lipinski definition) is 5. The fraction of sp³-hybridized carbons (Fsp3) is 0.304. The second-order valence-corrected chi connectivity index (χ2v) is 7.70. The number of aromatic nitrogens is 1. The van der Waals surface area contributed by atoms with Crippen molar-refractivity contribution in [2.75, 3.05) is 13.7 Å². The lowest BCUT2D eigenvalue weighted by atomic mass is 10.0. The summed E-state index contributed by atoms with van der Waals surface area (Å²) in [6.07, 6.45) is 1.08. The molecule has 0 unspecified atom stereocenters. The number of methoxy groups -OCH3 is 1. The highest BCUT2D eigenvalue weighted by Crippen LogP contribution is 2.31. The molecule has 0 fully saturated rings. The summed E-state index contributed by atoms with van der Waals surface area (Å²) in [5.41, 5.74) is 0.621. The zero-order valence-electron chi connectivity index (χ0n) is 17.6. The Morgan fingerprint density at radius 1 is 1.25 bits per heavy atom. The molecule has 0 bridgehead atoms. The van der Waals surface area contributed by atoms with Crippen LogP contribution >= 0.6 is 11.6 Å². The zero-order chi connectivity index (χ0) is 23.4. The van der Waals surface area contributed by atoms with Crippen LogP contribution in [0.5, 0.6) is 11.5 Å². The molecule has 0 spiro atoms. The maximum atomic E-state index is 14.5. The summed E-state index contributed by atoms with van der Waals surface area (Å²) in [5.74, 6) is -0.547. The van der Waals surface area contributed by atoms with Gasteiger partial charge in [-0.15, -0.1) is 0 Å². The molecule has 32 heavy (non-hydrogen) atoms. The first-order valence-corrected chi connectivity index (χ1v) is 10.4. The molecule has 3 rings (SSSR count). The Bertz CT molecular complexity index is 1210. The van der Waals surface area contributed by atoms with Crippen molar-refractivity contribution in [2.45, 2.75) is 32.2 Å². The van der Waals surface area contributed by atoms with Crippen molar-refractivity contribution in [3.8, 4) is 11.5 Å². The van der Waals surface area contributed by atoms with Crippen LogP contribution in [0.4, 0.5) is 9.18 Å². The van der Waals surface area contributed by atoms with Gasteiger partial charge < -0.3 is 24.3 Å². The fourth-order valence-corrected chi connectivity index (χ4v) is 3.93. The lowest BCUT2D eigenvalue weighted by Crippen LogP contribution is -2.21. The molecule has 0 aliphatic carbocycles. The summed E-state index contributed by atoms with van der Waals surface area (Å²) >= 11 is 5.89. The normalized spacial score (nSPS) is 12.0. The van der Waals surface area contributed by atoms with E-state index in [0.29, 0.717) is 28.8 Å². The van der Waals surface area contributed by atoms with Crippen LogP contribution in [0.3, 0.4) is 0 Å². The highest BCUT2D eigenvalue weighted by molar-refractivity contribution is 6.30. The Hall–Kier alpha value is -3.10. The van der Waals surface area contributed by atoms with E-state index in [1.807, 2.05) is 6.92 Å². The molecule has 0 saturated heterocycles. The van der Waals surface area contributed by atoms with Gasteiger partial charge in [0.2, 0.25) is 5.43 Å². The van der Waals surface area contributed by atoms with Crippen molar-refractivity contribution >= 4 is 28.7 Å². The molecule has 0 amide bonds. The zero-order valence-corrected chi connectivity index (χ0v) is 18.4. The SMILES string of the molecule is CCC[C@@H](CO)n1cc(OC(=O)O)c(=O)c2cc(Cc3cccc(Cl)c3F)c(OC)cc21. The summed E-state index contributed by atoms with van der Waals surface area (Å²) in [4.78, 5) is 24.1. The number of benzene rings is 2. The highest BCUT2D eigenvalue weighted by atomic mass is 35.5. The molecule has 2 N–H and O–H groups in total. The number of carboxylic acid groups (broad SMARTS) is 1. The van der Waals surface area contributed by atoms with Gasteiger partial charge in [-0.25, -0.2) is 9.18 Å². The summed E-state index contributed by atoms with van der Waals surface area (Å²) in [5, 5.41) is 19.1. The van der Waals surface area contributed by atoms with E-state index in [1.165, 1.54) is 25.4 Å². The minimum Gasteiger partial charge on any atom is -0.496 e. The van der Waals surface area contributed by atoms with Gasteiger partial charge in [0.15, 0.2) is 5.75 Å². The van der Waals surface area contributed by atoms with Crippen LogP contribution in [0.15, 0.2) is 41.3 Å². The minimum absolute atomic E-state index is 0.0212. The number of carbonyl (C=O) groups is 1. The van der Waals surface area contributed by atoms with Gasteiger partial charge in [0.05, 0.1) is 41.9 Å². The van der Waals surface area contributed by atoms with Crippen molar-refractivity contribution in [1.29, 1.82) is 0 Å². The second-order valence-electron chi connectivity index (χ2n) is 7.29. The Labute approximate surface area is 188 Å². The summed E-state index contributed by atoms with van der Waals surface area (Å²) in [6, 6.07) is 7.38. The average molecular weight is 464 g/mol. The number of rotatable bonds is 8. The number of ether oxygens (including phenoxy) is 2. The molecule has 0 saturated carbocycles. The molecule has 2 aromatic carbocycles. The Kier molecular flexibility index (Phi) is 7.37. The van der Waals surface area contributed by atoms with Crippen LogP contribution in [-0.4, -0.2) is 34.7 Å². The molecular weight excluding hydrogens is 441 g/mol. The van der Waals surface area contributed by atoms with Crippen molar-refractivity contribution in [1.82, 2.24) is 4.57 Å². The third-order valence-corrected chi connectivity index (χ3v) is 5.53. The third-order valence-electron chi connectivity index (χ3n) is 5.24. The molecule has 0 aliphatic heterocycles. The Balaban J connectivity index is 2.28. The number of aliphatic hydroxyl groups excluding tert-OH is 1. The Morgan fingerprint density at radius 2 is 2.00 bits per heavy atom. The third kappa shape index (κ3) is 4.71. The predicted octanol–water partition coefficient (Wildman–Crippen LogP) is 4.78. The number of nitrogens with zero attached hydrogens (tertiary/aromatic N) is 1. The first-order valence-electron chi connectivity index (χ1n) is 10.0. The van der Waals surface area contributed by atoms with Gasteiger partial charge in [-0.05, 0) is 29.7 Å². The van der Waals surface area contributed by atoms with E-state index in [0.717, 1.165) is 6.42 Å². The van der Waals surface area contributed by atoms with Crippen LogP contribution in [-0.2, 0) is 6.42 Å². The van der Waals surface area contributed by atoms with E-state index in [2.05, 4.69) is 0 Å². The van der Waals surface area contributed by atoms with Crippen molar-refractivity contribution < 1.29 is 28.9 Å². The van der Waals surface area contributed by atoms with Gasteiger partial charge in [0.1, 0.15) is 11.6 Å². The van der Waals surface area contributed by atoms with Gasteiger partial charge in [-0.2, -0.15) is 0 Å². The molecule has 170 valence electrons. The fourth-order valence-electron chi connectivity index (χ4n) is 3.74. The maximum Gasteiger partial charge on any atom is 0.511 e. The van der Waals surface area contributed by atoms with Crippen molar-refractivity contribution in [3.05, 3.63) is 68.7 Å². The van der Waals surface area contributed by atoms with Gasteiger partial charge in [-0.3, -0.25) is 4.79 Å². The predicted molar refractivity (Wildman–Crippen MR) is 119 cm³/mol. The van der Waals surface area contributed by atoms with Gasteiger partial charge in [0, 0.05) is 12.5 Å². The van der Waals surface area contributed by atoms with Gasteiger partial charge >= 0.3 is 6.16 Å². The van der Waals surface area contributed by atoms with Crippen molar-refractivity contribution in [3.63, 3.8) is 0 Å². The number of halogens is 2. The largest absolute Gasteiger partial charge is 0.511 e. The topological polar surface area (TPSA) is 98.0 Å². The van der Waals surface area contributed by atoms with Crippen LogP contribution < -0.4 is 14.9 Å².